The molecule has 21 nitrogen and oxygen atoms in total. The molecule has 1 aliphatic heterocycles. The molecule has 24 heteroatoms. The van der Waals surface area contributed by atoms with E-state index in [1.54, 1.807) is 0 Å². The fourth-order valence-electron chi connectivity index (χ4n) is 2.37. The highest BCUT2D eigenvalue weighted by atomic mass is 31.2. The van der Waals surface area contributed by atoms with Crippen molar-refractivity contribution in [3.05, 3.63) is 22.2 Å². The van der Waals surface area contributed by atoms with Gasteiger partial charge in [0.15, 0.2) is 0 Å². The second-order valence-electron chi connectivity index (χ2n) is 7.00. The van der Waals surface area contributed by atoms with Crippen LogP contribution in [0.4, 0.5) is 5.82 Å². The van der Waals surface area contributed by atoms with Gasteiger partial charge in [0.05, 0.1) is 38.1 Å². The highest BCUT2D eigenvalue weighted by Crippen LogP contribution is 2.28. The molecule has 40 heavy (non-hydrogen) atoms. The molecular weight excluding hydrogens is 613 g/mol. The summed E-state index contributed by atoms with van der Waals surface area (Å²) in [6.07, 6.45) is 2.11. The van der Waals surface area contributed by atoms with Gasteiger partial charge in [0.25, 0.3) is 0 Å². The molecule has 1 aromatic heterocycles. The van der Waals surface area contributed by atoms with Crippen molar-refractivity contribution in [2.45, 2.75) is 25.2 Å². The number of nitrogens with zero attached hydrogens (tertiary/aromatic N) is 2. The van der Waals surface area contributed by atoms with Gasteiger partial charge in [0, 0.05) is 12.7 Å². The number of nitrogen functional groups attached to an aromatic ring is 1. The van der Waals surface area contributed by atoms with Gasteiger partial charge >= 0.3 is 29.2 Å². The molecule has 14 N–H and O–H groups in total. The smallest absolute Gasteiger partial charge is 0.394 e. The van der Waals surface area contributed by atoms with Crippen molar-refractivity contribution in [3.63, 3.8) is 0 Å². The Balaban J connectivity index is 0. The van der Waals surface area contributed by atoms with Gasteiger partial charge in [-0.15, -0.1) is 0 Å². The minimum Gasteiger partial charge on any atom is -0.394 e. The molecule has 0 radical (unpaired) electrons. The largest absolute Gasteiger partial charge is 0.466 e. The summed E-state index contributed by atoms with van der Waals surface area (Å²) in [6, 6.07) is 0. The maximum absolute atomic E-state index is 12.0. The van der Waals surface area contributed by atoms with Crippen LogP contribution >= 0.6 is 23.5 Å². The monoisotopic (exact) mass is 646 g/mol. The fourth-order valence-corrected chi connectivity index (χ4v) is 2.37. The summed E-state index contributed by atoms with van der Waals surface area (Å²) in [7, 11) is -13.9. The molecule has 1 saturated heterocycles. The van der Waals surface area contributed by atoms with Crippen molar-refractivity contribution in [2.24, 2.45) is 5.73 Å². The predicted molar refractivity (Wildman–Crippen MR) is 133 cm³/mol. The number of ether oxygens (including phenoxy) is 3. The third-order valence-electron chi connectivity index (χ3n) is 3.61. The minimum atomic E-state index is -4.64. The van der Waals surface area contributed by atoms with E-state index in [1.807, 2.05) is 0 Å². The van der Waals surface area contributed by atoms with Crippen molar-refractivity contribution in [3.8, 4) is 11.8 Å². The highest BCUT2D eigenvalue weighted by molar-refractivity contribution is 7.45. The number of aliphatic hydroxyl groups is 1. The zero-order valence-electron chi connectivity index (χ0n) is 20.6. The van der Waals surface area contributed by atoms with Crippen LogP contribution in [-0.4, -0.2) is 104 Å². The summed E-state index contributed by atoms with van der Waals surface area (Å²) in [5.74, 6) is 5.73. The summed E-state index contributed by atoms with van der Waals surface area (Å²) in [4.78, 5) is 80.5. The Morgan fingerprint density at radius 1 is 0.950 bits per heavy atom. The standard InChI is InChI=1S/C16H24N4O5.3H3O4P/c17-5-7-24-9-8-23-6-1-2-12-10-20(16(22)19-15(12)18)14-4-3-13(11-21)25-14;3*1-5(2,3)4/h10,13-14,21H,3-9,11,17H2,(H2,18,19,22);3*(H3,1,2,3,4)/t13-,14+;;;/m0.../s1. The summed E-state index contributed by atoms with van der Waals surface area (Å²) in [5, 5.41) is 9.13. The van der Waals surface area contributed by atoms with E-state index in [4.69, 9.17) is 88.5 Å². The van der Waals surface area contributed by atoms with Crippen LogP contribution in [0.15, 0.2) is 11.0 Å². The minimum absolute atomic E-state index is 0.0664. The van der Waals surface area contributed by atoms with Gasteiger partial charge in [-0.05, 0) is 12.8 Å². The zero-order valence-corrected chi connectivity index (χ0v) is 23.3. The first kappa shape index (κ1) is 40.5. The molecule has 0 aromatic carbocycles. The van der Waals surface area contributed by atoms with Crippen LogP contribution in [0.3, 0.4) is 0 Å². The van der Waals surface area contributed by atoms with Crippen molar-refractivity contribution in [1.29, 1.82) is 0 Å². The number of hydrogen-bond donors (Lipinski definition) is 12. The normalized spacial score (nSPS) is 16.7. The number of anilines is 1. The summed E-state index contributed by atoms with van der Waals surface area (Å²) in [6.45, 7) is 1.98. The van der Waals surface area contributed by atoms with Crippen LogP contribution in [0.5, 0.6) is 0 Å². The lowest BCUT2D eigenvalue weighted by molar-refractivity contribution is -0.0245. The van der Waals surface area contributed by atoms with Crippen molar-refractivity contribution in [1.82, 2.24) is 9.55 Å². The molecule has 0 unspecified atom stereocenters. The number of hydrogen-bond acceptors (Lipinski definition) is 11. The van der Waals surface area contributed by atoms with Crippen LogP contribution < -0.4 is 17.2 Å². The SMILES string of the molecule is NCCOCCOCC#Cc1cn([C@H]2CC[C@@H](CO)O2)c(=O)nc1N.O=P(O)(O)O.O=P(O)(O)O.O=P(O)(O)O. The molecule has 0 amide bonds. The molecule has 2 atom stereocenters. The number of nitrogens with two attached hydrogens (primary N) is 2. The maximum atomic E-state index is 12.0. The average molecular weight is 646 g/mol. The van der Waals surface area contributed by atoms with Gasteiger partial charge in [-0.25, -0.2) is 18.5 Å². The van der Waals surface area contributed by atoms with E-state index in [1.165, 1.54) is 10.8 Å². The Labute approximate surface area is 226 Å². The quantitative estimate of drug-likeness (QED) is 0.0728. The van der Waals surface area contributed by atoms with E-state index in [2.05, 4.69) is 16.8 Å². The van der Waals surface area contributed by atoms with Gasteiger partial charge in [0.1, 0.15) is 18.7 Å². The van der Waals surface area contributed by atoms with Gasteiger partial charge in [-0.3, -0.25) is 4.57 Å². The van der Waals surface area contributed by atoms with Crippen LogP contribution in [0.1, 0.15) is 24.6 Å². The first-order valence-electron chi connectivity index (χ1n) is 10.5. The van der Waals surface area contributed by atoms with Crippen LogP contribution in [0.25, 0.3) is 0 Å². The van der Waals surface area contributed by atoms with E-state index < -0.39 is 35.4 Å². The Morgan fingerprint density at radius 3 is 1.90 bits per heavy atom. The Kier molecular flexibility index (Phi) is 20.5. The van der Waals surface area contributed by atoms with Crippen molar-refractivity contribution >= 4 is 29.3 Å². The molecule has 1 aliphatic rings. The Bertz CT molecular complexity index is 1050. The first-order chi connectivity index (χ1) is 18.2. The second-order valence-corrected chi connectivity index (χ2v) is 10.1. The number of aliphatic hydroxyl groups excluding tert-OH is 1. The molecule has 0 saturated carbocycles. The number of rotatable bonds is 8. The summed E-state index contributed by atoms with van der Waals surface area (Å²) >= 11 is 0. The zero-order chi connectivity index (χ0) is 31.6. The van der Waals surface area contributed by atoms with Crippen LogP contribution in [0, 0.1) is 11.8 Å². The number of phosphoric acid groups is 3. The first-order valence-corrected chi connectivity index (χ1v) is 15.2. The molecule has 1 fully saturated rings. The molecule has 1 aromatic rings. The number of aromatic nitrogens is 2. The Morgan fingerprint density at radius 2 is 1.45 bits per heavy atom. The molecule has 234 valence electrons. The summed E-state index contributed by atoms with van der Waals surface area (Å²) < 4.78 is 44.1. The van der Waals surface area contributed by atoms with Gasteiger partial charge < -0.3 is 74.8 Å². The molecule has 0 spiro atoms. The maximum Gasteiger partial charge on any atom is 0.466 e. The van der Waals surface area contributed by atoms with Crippen LogP contribution in [-0.2, 0) is 27.9 Å². The van der Waals surface area contributed by atoms with Gasteiger partial charge in [-0.1, -0.05) is 11.8 Å². The van der Waals surface area contributed by atoms with Gasteiger partial charge in [0.2, 0.25) is 0 Å². The van der Waals surface area contributed by atoms with Crippen LogP contribution in [0.2, 0.25) is 0 Å². The predicted octanol–water partition coefficient (Wildman–Crippen LogP) is -3.95. The highest BCUT2D eigenvalue weighted by Gasteiger charge is 2.27. The molecule has 0 bridgehead atoms. The van der Waals surface area contributed by atoms with E-state index in [0.29, 0.717) is 44.8 Å². The van der Waals surface area contributed by atoms with E-state index >= 15 is 0 Å². The topological polar surface area (TPSA) is 368 Å². The van der Waals surface area contributed by atoms with Crippen molar-refractivity contribution in [2.75, 3.05) is 45.3 Å². The second kappa shape index (κ2) is 20.3. The summed E-state index contributed by atoms with van der Waals surface area (Å²) in [5.41, 5.74) is 11.0. The Hall–Kier alpha value is -1.63. The molecule has 2 rings (SSSR count). The van der Waals surface area contributed by atoms with E-state index in [0.717, 1.165) is 0 Å². The molecular formula is C16H33N4O17P3. The fraction of sp³-hybridized carbons (Fsp3) is 0.625. The lowest BCUT2D eigenvalue weighted by Gasteiger charge is -2.15. The van der Waals surface area contributed by atoms with Crippen molar-refractivity contribution < 1.29 is 77.1 Å². The lowest BCUT2D eigenvalue weighted by atomic mass is 10.2. The molecule has 0 aliphatic carbocycles. The lowest BCUT2D eigenvalue weighted by Crippen LogP contribution is -2.28. The third kappa shape index (κ3) is 29.4. The van der Waals surface area contributed by atoms with E-state index in [9.17, 15) is 4.79 Å². The van der Waals surface area contributed by atoms with Gasteiger partial charge in [-0.2, -0.15) is 4.98 Å². The third-order valence-corrected chi connectivity index (χ3v) is 3.61. The molecule has 2 heterocycles. The average Bonchev–Trinajstić information content (AvgIpc) is 3.22. The van der Waals surface area contributed by atoms with E-state index in [-0.39, 0.29) is 25.1 Å².